The van der Waals surface area contributed by atoms with Crippen molar-refractivity contribution in [3.05, 3.63) is 168 Å². The van der Waals surface area contributed by atoms with Gasteiger partial charge in [0.15, 0.2) is 0 Å². The fourth-order valence-corrected chi connectivity index (χ4v) is 12.3. The summed E-state index contributed by atoms with van der Waals surface area (Å²) in [7, 11) is -1.39. The molecule has 4 nitrogen and oxygen atoms in total. The predicted octanol–water partition coefficient (Wildman–Crippen LogP) is 6.91. The molecule has 7 rings (SSSR count). The van der Waals surface area contributed by atoms with E-state index in [-0.39, 0.29) is 23.1 Å². The third-order valence-corrected chi connectivity index (χ3v) is 13.7. The molecule has 4 unspecified atom stereocenters. The second-order valence-electron chi connectivity index (χ2n) is 10.1. The van der Waals surface area contributed by atoms with Gasteiger partial charge in [-0.2, -0.15) is 0 Å². The largest absolute Gasteiger partial charge is 0.245 e. The quantitative estimate of drug-likeness (QED) is 0.171. The van der Waals surface area contributed by atoms with E-state index in [1.807, 2.05) is 0 Å². The molecule has 0 amide bonds. The van der Waals surface area contributed by atoms with Gasteiger partial charge in [0.2, 0.25) is 0 Å². The summed E-state index contributed by atoms with van der Waals surface area (Å²) < 4.78 is 0. The van der Waals surface area contributed by atoms with E-state index in [1.54, 1.807) is 0 Å². The SMILES string of the molecule is c1ccc(C2NNC(c3ccccc3)P2c2ccccc2P2C(c3ccccc3)NNC2c2ccccc2)cc1. The molecule has 2 aliphatic rings. The van der Waals surface area contributed by atoms with Crippen molar-refractivity contribution >= 4 is 26.5 Å². The van der Waals surface area contributed by atoms with E-state index in [2.05, 4.69) is 167 Å². The zero-order valence-corrected chi connectivity index (χ0v) is 23.8. The summed E-state index contributed by atoms with van der Waals surface area (Å²) in [5.74, 6) is 0.802. The van der Waals surface area contributed by atoms with Crippen molar-refractivity contribution in [1.82, 2.24) is 21.7 Å². The van der Waals surface area contributed by atoms with E-state index < -0.39 is 15.8 Å². The van der Waals surface area contributed by atoms with Gasteiger partial charge in [0.05, 0.1) is 23.1 Å². The Morgan fingerprint density at radius 1 is 0.300 bits per heavy atom. The molecule has 2 heterocycles. The summed E-state index contributed by atoms with van der Waals surface area (Å²) in [6.45, 7) is 0. The Hall–Kier alpha value is -3.20. The molecule has 2 fully saturated rings. The Morgan fingerprint density at radius 2 is 0.525 bits per heavy atom. The molecule has 0 bridgehead atoms. The molecule has 198 valence electrons. The average Bonchev–Trinajstić information content (AvgIpc) is 3.68. The summed E-state index contributed by atoms with van der Waals surface area (Å²) in [4.78, 5) is 0. The first-order valence-corrected chi connectivity index (χ1v) is 16.7. The maximum atomic E-state index is 3.73. The maximum Gasteiger partial charge on any atom is 0.0718 e. The molecule has 6 heteroatoms. The molecule has 0 saturated carbocycles. The lowest BCUT2D eigenvalue weighted by Crippen LogP contribution is -2.27. The van der Waals surface area contributed by atoms with Crippen molar-refractivity contribution in [2.45, 2.75) is 23.1 Å². The van der Waals surface area contributed by atoms with Crippen molar-refractivity contribution in [2.24, 2.45) is 0 Å². The van der Waals surface area contributed by atoms with Crippen LogP contribution in [0.5, 0.6) is 0 Å². The fourth-order valence-electron chi connectivity index (χ4n) is 5.87. The molecule has 4 atom stereocenters. The summed E-state index contributed by atoms with van der Waals surface area (Å²) in [5, 5.41) is 2.94. The van der Waals surface area contributed by atoms with Crippen LogP contribution >= 0.6 is 15.8 Å². The smallest absolute Gasteiger partial charge is 0.0718 e. The summed E-state index contributed by atoms with van der Waals surface area (Å²) in [6.07, 6.45) is 0. The zero-order chi connectivity index (χ0) is 26.7. The lowest BCUT2D eigenvalue weighted by Gasteiger charge is -2.32. The lowest BCUT2D eigenvalue weighted by atomic mass is 10.2. The van der Waals surface area contributed by atoms with Crippen LogP contribution in [-0.4, -0.2) is 0 Å². The lowest BCUT2D eigenvalue weighted by molar-refractivity contribution is 0.555. The van der Waals surface area contributed by atoms with E-state index in [9.17, 15) is 0 Å². The van der Waals surface area contributed by atoms with E-state index in [1.165, 1.54) is 32.9 Å². The molecular weight excluding hydrogens is 526 g/mol. The minimum atomic E-state index is -0.694. The normalized spacial score (nSPS) is 26.1. The maximum absolute atomic E-state index is 3.73. The first-order chi connectivity index (χ1) is 19.9. The van der Waals surface area contributed by atoms with Gasteiger partial charge >= 0.3 is 0 Å². The molecule has 4 N–H and O–H groups in total. The third-order valence-electron chi connectivity index (χ3n) is 7.73. The highest BCUT2D eigenvalue weighted by atomic mass is 31.1. The van der Waals surface area contributed by atoms with Crippen molar-refractivity contribution < 1.29 is 0 Å². The Morgan fingerprint density at radius 3 is 0.775 bits per heavy atom. The fraction of sp³-hybridized carbons (Fsp3) is 0.118. The van der Waals surface area contributed by atoms with Crippen molar-refractivity contribution in [1.29, 1.82) is 0 Å². The van der Waals surface area contributed by atoms with Crippen molar-refractivity contribution in [3.63, 3.8) is 0 Å². The van der Waals surface area contributed by atoms with Crippen LogP contribution in [0.15, 0.2) is 146 Å². The summed E-state index contributed by atoms with van der Waals surface area (Å²) in [5.41, 5.74) is 20.2. The summed E-state index contributed by atoms with van der Waals surface area (Å²) in [6, 6.07) is 52.9. The molecule has 0 aliphatic carbocycles. The van der Waals surface area contributed by atoms with Crippen LogP contribution in [0.3, 0.4) is 0 Å². The molecule has 40 heavy (non-hydrogen) atoms. The third kappa shape index (κ3) is 4.93. The molecule has 5 aromatic carbocycles. The van der Waals surface area contributed by atoms with Crippen molar-refractivity contribution in [2.75, 3.05) is 0 Å². The van der Waals surface area contributed by atoms with Crippen LogP contribution < -0.4 is 32.3 Å². The Bertz CT molecular complexity index is 1320. The predicted molar refractivity (Wildman–Crippen MR) is 169 cm³/mol. The van der Waals surface area contributed by atoms with Gasteiger partial charge in [-0.25, -0.2) is 21.7 Å². The van der Waals surface area contributed by atoms with Gasteiger partial charge in [-0.3, -0.25) is 0 Å². The summed E-state index contributed by atoms with van der Waals surface area (Å²) >= 11 is 0. The molecular formula is C34H32N4P2. The zero-order valence-electron chi connectivity index (χ0n) is 22.1. The highest BCUT2D eigenvalue weighted by Crippen LogP contribution is 2.65. The van der Waals surface area contributed by atoms with Gasteiger partial charge in [-0.05, 0) is 48.7 Å². The highest BCUT2D eigenvalue weighted by Gasteiger charge is 2.44. The van der Waals surface area contributed by atoms with Gasteiger partial charge in [0.1, 0.15) is 0 Å². The van der Waals surface area contributed by atoms with Crippen molar-refractivity contribution in [3.8, 4) is 0 Å². The van der Waals surface area contributed by atoms with Crippen LogP contribution in [0.1, 0.15) is 45.4 Å². The Balaban J connectivity index is 1.39. The van der Waals surface area contributed by atoms with Crippen LogP contribution in [0, 0.1) is 0 Å². The number of hydrogen-bond acceptors (Lipinski definition) is 4. The van der Waals surface area contributed by atoms with Gasteiger partial charge in [0.25, 0.3) is 0 Å². The van der Waals surface area contributed by atoms with Gasteiger partial charge in [-0.1, -0.05) is 146 Å². The van der Waals surface area contributed by atoms with E-state index in [0.717, 1.165) is 0 Å². The first kappa shape index (κ1) is 25.7. The number of hydrazine groups is 2. The second kappa shape index (κ2) is 11.7. The number of hydrogen-bond donors (Lipinski definition) is 4. The number of rotatable bonds is 6. The standard InChI is InChI=1S/C34H32N4P2/c1-5-15-25(16-6-1)31-35-36-32(26-17-7-2-8-18-26)39(31)29-23-13-14-24-30(29)40-33(27-19-9-3-10-20-27)37-38-34(40)28-21-11-4-12-22-28/h1-24,31-38H. The molecule has 0 aromatic heterocycles. The minimum Gasteiger partial charge on any atom is -0.245 e. The van der Waals surface area contributed by atoms with Crippen LogP contribution in [0.25, 0.3) is 0 Å². The molecule has 5 aromatic rings. The van der Waals surface area contributed by atoms with Gasteiger partial charge in [0, 0.05) is 0 Å². The van der Waals surface area contributed by atoms with E-state index in [4.69, 9.17) is 0 Å². The van der Waals surface area contributed by atoms with E-state index >= 15 is 0 Å². The molecule has 2 saturated heterocycles. The number of benzene rings is 5. The first-order valence-electron chi connectivity index (χ1n) is 13.8. The second-order valence-corrected chi connectivity index (χ2v) is 14.8. The van der Waals surface area contributed by atoms with Crippen LogP contribution in [-0.2, 0) is 0 Å². The monoisotopic (exact) mass is 558 g/mol. The van der Waals surface area contributed by atoms with Crippen LogP contribution in [0.2, 0.25) is 0 Å². The highest BCUT2D eigenvalue weighted by molar-refractivity contribution is 7.72. The molecule has 2 aliphatic heterocycles. The minimum absolute atomic E-state index is 0.200. The Kier molecular flexibility index (Phi) is 7.55. The van der Waals surface area contributed by atoms with E-state index in [0.29, 0.717) is 0 Å². The topological polar surface area (TPSA) is 48.1 Å². The molecule has 0 spiro atoms. The van der Waals surface area contributed by atoms with Gasteiger partial charge in [-0.15, -0.1) is 0 Å². The molecule has 0 radical (unpaired) electrons. The number of nitrogens with one attached hydrogen (secondary N) is 4. The van der Waals surface area contributed by atoms with Crippen LogP contribution in [0.4, 0.5) is 0 Å². The average molecular weight is 559 g/mol. The Labute approximate surface area is 238 Å². The van der Waals surface area contributed by atoms with Gasteiger partial charge < -0.3 is 0 Å².